The van der Waals surface area contributed by atoms with Crippen LogP contribution < -0.4 is 21.3 Å². The molecule has 2 aromatic rings. The maximum atomic E-state index is 13.1. The monoisotopic (exact) mass is 477 g/mol. The zero-order chi connectivity index (χ0) is 25.0. The van der Waals surface area contributed by atoms with Crippen LogP contribution in [-0.2, 0) is 15.8 Å². The lowest BCUT2D eigenvalue weighted by atomic mass is 10.2. The molecule has 12 heteroatoms. The molecule has 2 heterocycles. The predicted octanol–water partition coefficient (Wildman–Crippen LogP) is 2.88. The molecule has 3 rings (SSSR count). The van der Waals surface area contributed by atoms with Gasteiger partial charge in [0.2, 0.25) is 5.91 Å². The number of hydrogen-bond acceptors (Lipinski definition) is 7. The molecule has 0 bridgehead atoms. The molecule has 0 fully saturated rings. The molecule has 182 valence electrons. The Morgan fingerprint density at radius 1 is 1.03 bits per heavy atom. The summed E-state index contributed by atoms with van der Waals surface area (Å²) in [6, 6.07) is 5.86. The number of likely N-dealkylation sites (N-methyl/N-ethyl adjacent to an activating group) is 2. The highest BCUT2D eigenvalue weighted by atomic mass is 19.4. The number of hydrogen-bond donors (Lipinski definition) is 3. The zero-order valence-electron chi connectivity index (χ0n) is 19.0. The first kappa shape index (κ1) is 25.0. The van der Waals surface area contributed by atoms with Gasteiger partial charge in [-0.05, 0) is 44.3 Å². The Hall–Kier alpha value is -3.67. The van der Waals surface area contributed by atoms with E-state index in [4.69, 9.17) is 5.73 Å². The summed E-state index contributed by atoms with van der Waals surface area (Å²) in [4.78, 5) is 35.9. The lowest BCUT2D eigenvalue weighted by Gasteiger charge is -2.25. The number of fused-ring (bicyclic) bond motifs is 1. The first-order valence-electron chi connectivity index (χ1n) is 10.7. The Balaban J connectivity index is 1.93. The van der Waals surface area contributed by atoms with Crippen molar-refractivity contribution in [3.8, 4) is 0 Å². The number of carbonyl (C=O) groups is 2. The summed E-state index contributed by atoms with van der Waals surface area (Å²) in [5.41, 5.74) is 5.64. The maximum absolute atomic E-state index is 13.1. The van der Waals surface area contributed by atoms with Crippen molar-refractivity contribution < 1.29 is 22.8 Å². The molecule has 0 spiro atoms. The van der Waals surface area contributed by atoms with Crippen molar-refractivity contribution in [1.29, 1.82) is 0 Å². The van der Waals surface area contributed by atoms with Crippen LogP contribution in [0.5, 0.6) is 0 Å². The number of anilines is 3. The van der Waals surface area contributed by atoms with Crippen LogP contribution in [-0.4, -0.2) is 52.9 Å². The standard InChI is InChI=1S/C22H26F3N7O2/c1-4-31(5-2)12-17(33)32(6-3)13-7-8-14-15(11-13)29-21(28-14)18(19(26)34)20-27-10-9-16(30-20)22(23,24)25/h7-11,28-29H,4-6,12H2,1-3H3,(H2,26,34)/b21-18+. The molecule has 0 radical (unpaired) electrons. The predicted molar refractivity (Wildman–Crippen MR) is 123 cm³/mol. The Labute approximate surface area is 194 Å². The largest absolute Gasteiger partial charge is 0.433 e. The van der Waals surface area contributed by atoms with Gasteiger partial charge in [0.15, 0.2) is 5.82 Å². The fourth-order valence-electron chi connectivity index (χ4n) is 3.55. The molecule has 9 nitrogen and oxygen atoms in total. The fourth-order valence-corrected chi connectivity index (χ4v) is 3.55. The quantitative estimate of drug-likeness (QED) is 0.501. The molecule has 0 unspecified atom stereocenters. The third-order valence-corrected chi connectivity index (χ3v) is 5.37. The summed E-state index contributed by atoms with van der Waals surface area (Å²) in [6.45, 7) is 8.04. The average Bonchev–Trinajstić information content (AvgIpc) is 3.20. The van der Waals surface area contributed by atoms with E-state index < -0.39 is 23.6 Å². The Morgan fingerprint density at radius 2 is 1.71 bits per heavy atom. The third-order valence-electron chi connectivity index (χ3n) is 5.37. The van der Waals surface area contributed by atoms with Crippen molar-refractivity contribution >= 4 is 34.4 Å². The van der Waals surface area contributed by atoms with Gasteiger partial charge < -0.3 is 21.3 Å². The molecule has 0 aliphatic carbocycles. The topological polar surface area (TPSA) is 116 Å². The molecule has 1 aliphatic heterocycles. The fraction of sp³-hybridized carbons (Fsp3) is 0.364. The second kappa shape index (κ2) is 10.1. The van der Waals surface area contributed by atoms with Crippen LogP contribution in [0.2, 0.25) is 0 Å². The van der Waals surface area contributed by atoms with E-state index >= 15 is 0 Å². The molecule has 0 saturated carbocycles. The first-order chi connectivity index (χ1) is 16.1. The normalized spacial score (nSPS) is 14.3. The van der Waals surface area contributed by atoms with Crippen molar-refractivity contribution in [2.24, 2.45) is 5.73 Å². The highest BCUT2D eigenvalue weighted by molar-refractivity contribution is 6.20. The van der Waals surface area contributed by atoms with Crippen molar-refractivity contribution in [3.05, 3.63) is 47.8 Å². The summed E-state index contributed by atoms with van der Waals surface area (Å²) in [7, 11) is 0. The van der Waals surface area contributed by atoms with E-state index in [0.717, 1.165) is 19.3 Å². The minimum atomic E-state index is -4.71. The van der Waals surface area contributed by atoms with E-state index in [1.165, 1.54) is 0 Å². The van der Waals surface area contributed by atoms with Crippen LogP contribution in [0.25, 0.3) is 5.57 Å². The van der Waals surface area contributed by atoms with Crippen LogP contribution in [0.3, 0.4) is 0 Å². The van der Waals surface area contributed by atoms with E-state index in [9.17, 15) is 22.8 Å². The summed E-state index contributed by atoms with van der Waals surface area (Å²) in [5.74, 6) is -1.48. The molecule has 4 N–H and O–H groups in total. The van der Waals surface area contributed by atoms with Crippen LogP contribution in [0.15, 0.2) is 36.3 Å². The smallest absolute Gasteiger partial charge is 0.365 e. The van der Waals surface area contributed by atoms with Crippen LogP contribution >= 0.6 is 0 Å². The number of rotatable bonds is 8. The summed E-state index contributed by atoms with van der Waals surface area (Å²) < 4.78 is 39.2. The van der Waals surface area contributed by atoms with Crippen LogP contribution in [0.4, 0.5) is 30.2 Å². The number of primary amides is 1. The van der Waals surface area contributed by atoms with E-state index in [1.54, 1.807) is 23.1 Å². The highest BCUT2D eigenvalue weighted by Gasteiger charge is 2.34. The van der Waals surface area contributed by atoms with E-state index in [2.05, 4.69) is 20.6 Å². The highest BCUT2D eigenvalue weighted by Crippen LogP contribution is 2.36. The number of nitrogens with one attached hydrogen (secondary N) is 2. The van der Waals surface area contributed by atoms with Gasteiger partial charge in [0.05, 0.1) is 17.9 Å². The molecule has 0 saturated heterocycles. The number of halogens is 3. The molecule has 34 heavy (non-hydrogen) atoms. The van der Waals surface area contributed by atoms with E-state index in [-0.39, 0.29) is 23.8 Å². The van der Waals surface area contributed by atoms with Gasteiger partial charge in [-0.25, -0.2) is 9.97 Å². The Kier molecular flexibility index (Phi) is 7.40. The van der Waals surface area contributed by atoms with Gasteiger partial charge in [-0.1, -0.05) is 13.8 Å². The Bertz CT molecular complexity index is 1110. The number of benzene rings is 1. The maximum Gasteiger partial charge on any atom is 0.433 e. The van der Waals surface area contributed by atoms with Crippen LogP contribution in [0.1, 0.15) is 32.3 Å². The van der Waals surface area contributed by atoms with Gasteiger partial charge in [0.25, 0.3) is 5.91 Å². The van der Waals surface area contributed by atoms with Crippen molar-refractivity contribution in [3.63, 3.8) is 0 Å². The summed E-state index contributed by atoms with van der Waals surface area (Å²) >= 11 is 0. The third kappa shape index (κ3) is 5.28. The molecule has 1 aromatic carbocycles. The van der Waals surface area contributed by atoms with Gasteiger partial charge in [-0.2, -0.15) is 13.2 Å². The average molecular weight is 477 g/mol. The number of aromatic nitrogens is 2. The number of nitrogens with zero attached hydrogens (tertiary/aromatic N) is 4. The van der Waals surface area contributed by atoms with Gasteiger partial charge >= 0.3 is 6.18 Å². The van der Waals surface area contributed by atoms with Gasteiger partial charge in [0, 0.05) is 18.4 Å². The van der Waals surface area contributed by atoms with Gasteiger partial charge in [0.1, 0.15) is 17.1 Å². The molecule has 2 amide bonds. The minimum absolute atomic E-state index is 0.0523. The summed E-state index contributed by atoms with van der Waals surface area (Å²) in [6.07, 6.45) is -3.80. The number of alkyl halides is 3. The lowest BCUT2D eigenvalue weighted by Crippen LogP contribution is -2.40. The molecular formula is C22H26F3N7O2. The second-order valence-electron chi connectivity index (χ2n) is 7.46. The molecule has 1 aromatic heterocycles. The second-order valence-corrected chi connectivity index (χ2v) is 7.46. The number of carbonyl (C=O) groups excluding carboxylic acids is 2. The lowest BCUT2D eigenvalue weighted by molar-refractivity contribution is -0.141. The van der Waals surface area contributed by atoms with E-state index in [0.29, 0.717) is 29.7 Å². The van der Waals surface area contributed by atoms with Crippen molar-refractivity contribution in [1.82, 2.24) is 14.9 Å². The van der Waals surface area contributed by atoms with Crippen molar-refractivity contribution in [2.75, 3.05) is 41.7 Å². The number of nitrogens with two attached hydrogens (primary N) is 1. The SMILES string of the molecule is CCN(CC)CC(=O)N(CC)c1ccc2c(c1)N/C(=C(\C(N)=O)c1nccc(C(F)(F)F)n1)N2. The van der Waals surface area contributed by atoms with Gasteiger partial charge in [-0.3, -0.25) is 14.5 Å². The Morgan fingerprint density at radius 3 is 2.29 bits per heavy atom. The molecular weight excluding hydrogens is 451 g/mol. The first-order valence-corrected chi connectivity index (χ1v) is 10.7. The summed E-state index contributed by atoms with van der Waals surface area (Å²) in [5, 5.41) is 5.88. The molecule has 0 atom stereocenters. The number of amides is 2. The van der Waals surface area contributed by atoms with Gasteiger partial charge in [-0.15, -0.1) is 0 Å². The van der Waals surface area contributed by atoms with Crippen LogP contribution in [0, 0.1) is 0 Å². The van der Waals surface area contributed by atoms with E-state index in [1.807, 2.05) is 25.7 Å². The zero-order valence-corrected chi connectivity index (χ0v) is 19.0. The minimum Gasteiger partial charge on any atom is -0.365 e. The van der Waals surface area contributed by atoms with Crippen molar-refractivity contribution in [2.45, 2.75) is 26.9 Å². The molecule has 1 aliphatic rings.